The fraction of sp³-hybridized carbons (Fsp3) is 0.882. The van der Waals surface area contributed by atoms with Crippen molar-refractivity contribution < 1.29 is 9.59 Å². The maximum atomic E-state index is 12.8. The maximum Gasteiger partial charge on any atom is 0.245 e. The van der Waals surface area contributed by atoms with Crippen LogP contribution in [0.1, 0.15) is 65.7 Å². The summed E-state index contributed by atoms with van der Waals surface area (Å²) in [5, 5.41) is 2.96. The van der Waals surface area contributed by atoms with E-state index < -0.39 is 0 Å². The van der Waals surface area contributed by atoms with Gasteiger partial charge in [-0.3, -0.25) is 9.59 Å². The lowest BCUT2D eigenvalue weighted by atomic mass is 9.97. The van der Waals surface area contributed by atoms with Crippen LogP contribution in [0.5, 0.6) is 0 Å². The standard InChI is InChI=1S/C17H30N2O2/c1-4-6-7-13(5-2)11-19-12(3)10-15(20)18-16(17(19)21)14-8-9-14/h12-14,16H,4-11H2,1-3H3,(H,18,20). The first-order chi connectivity index (χ1) is 10.1. The molecule has 2 fully saturated rings. The number of rotatable bonds is 7. The second-order valence-corrected chi connectivity index (χ2v) is 6.84. The van der Waals surface area contributed by atoms with Crippen molar-refractivity contribution in [1.82, 2.24) is 10.2 Å². The minimum Gasteiger partial charge on any atom is -0.344 e. The molecule has 0 radical (unpaired) electrons. The Morgan fingerprint density at radius 3 is 2.57 bits per heavy atom. The molecule has 0 aromatic carbocycles. The minimum atomic E-state index is -0.258. The van der Waals surface area contributed by atoms with E-state index in [1.807, 2.05) is 11.8 Å². The summed E-state index contributed by atoms with van der Waals surface area (Å²) in [6.45, 7) is 7.24. The van der Waals surface area contributed by atoms with Crippen molar-refractivity contribution in [2.24, 2.45) is 11.8 Å². The number of unbranched alkanes of at least 4 members (excludes halogenated alkanes) is 1. The van der Waals surface area contributed by atoms with Gasteiger partial charge >= 0.3 is 0 Å². The molecule has 2 amide bonds. The van der Waals surface area contributed by atoms with Gasteiger partial charge in [-0.1, -0.05) is 33.1 Å². The molecule has 0 spiro atoms. The van der Waals surface area contributed by atoms with Gasteiger partial charge in [0.1, 0.15) is 6.04 Å². The minimum absolute atomic E-state index is 0.0249. The zero-order chi connectivity index (χ0) is 15.4. The van der Waals surface area contributed by atoms with E-state index in [9.17, 15) is 9.59 Å². The lowest BCUT2D eigenvalue weighted by molar-refractivity contribution is -0.136. The Bertz CT molecular complexity index is 379. The summed E-state index contributed by atoms with van der Waals surface area (Å²) in [7, 11) is 0. The van der Waals surface area contributed by atoms with Gasteiger partial charge in [0.15, 0.2) is 0 Å². The van der Waals surface area contributed by atoms with Crippen LogP contribution in [-0.2, 0) is 9.59 Å². The van der Waals surface area contributed by atoms with E-state index >= 15 is 0 Å². The Morgan fingerprint density at radius 2 is 2.00 bits per heavy atom. The zero-order valence-corrected chi connectivity index (χ0v) is 13.7. The third-order valence-corrected chi connectivity index (χ3v) is 4.97. The van der Waals surface area contributed by atoms with Crippen LogP contribution in [0.4, 0.5) is 0 Å². The molecule has 3 unspecified atom stereocenters. The average molecular weight is 294 g/mol. The van der Waals surface area contributed by atoms with Crippen LogP contribution in [0.2, 0.25) is 0 Å². The monoisotopic (exact) mass is 294 g/mol. The molecular weight excluding hydrogens is 264 g/mol. The molecule has 1 N–H and O–H groups in total. The fourth-order valence-electron chi connectivity index (χ4n) is 3.28. The molecule has 1 saturated carbocycles. The van der Waals surface area contributed by atoms with Crippen molar-refractivity contribution in [3.8, 4) is 0 Å². The predicted octanol–water partition coefficient (Wildman–Crippen LogP) is 2.72. The van der Waals surface area contributed by atoms with Crippen LogP contribution >= 0.6 is 0 Å². The molecule has 120 valence electrons. The first-order valence-electron chi connectivity index (χ1n) is 8.66. The van der Waals surface area contributed by atoms with Crippen LogP contribution in [0.15, 0.2) is 0 Å². The summed E-state index contributed by atoms with van der Waals surface area (Å²) in [5.41, 5.74) is 0. The second-order valence-electron chi connectivity index (χ2n) is 6.84. The first-order valence-corrected chi connectivity index (χ1v) is 8.66. The maximum absolute atomic E-state index is 12.8. The molecule has 4 heteroatoms. The highest BCUT2D eigenvalue weighted by molar-refractivity contribution is 5.91. The van der Waals surface area contributed by atoms with Gasteiger partial charge in [-0.05, 0) is 38.0 Å². The van der Waals surface area contributed by atoms with Crippen LogP contribution in [0.3, 0.4) is 0 Å². The van der Waals surface area contributed by atoms with Crippen LogP contribution in [-0.4, -0.2) is 35.3 Å². The molecule has 2 rings (SSSR count). The second kappa shape index (κ2) is 7.28. The van der Waals surface area contributed by atoms with Crippen molar-refractivity contribution in [3.05, 3.63) is 0 Å². The van der Waals surface area contributed by atoms with E-state index in [1.165, 1.54) is 19.3 Å². The smallest absolute Gasteiger partial charge is 0.245 e. The summed E-state index contributed by atoms with van der Waals surface area (Å²) < 4.78 is 0. The highest BCUT2D eigenvalue weighted by Crippen LogP contribution is 2.35. The van der Waals surface area contributed by atoms with Gasteiger partial charge in [0.25, 0.3) is 0 Å². The lowest BCUT2D eigenvalue weighted by Crippen LogP contribution is -2.49. The quantitative estimate of drug-likeness (QED) is 0.785. The van der Waals surface area contributed by atoms with Gasteiger partial charge in [-0.2, -0.15) is 0 Å². The third kappa shape index (κ3) is 4.21. The Balaban J connectivity index is 2.06. The molecular formula is C17H30N2O2. The Hall–Kier alpha value is -1.06. The van der Waals surface area contributed by atoms with Gasteiger partial charge < -0.3 is 10.2 Å². The van der Waals surface area contributed by atoms with E-state index in [1.54, 1.807) is 0 Å². The SMILES string of the molecule is CCCCC(CC)CN1C(=O)C(C2CC2)NC(=O)CC1C. The molecule has 0 bridgehead atoms. The van der Waals surface area contributed by atoms with Crippen molar-refractivity contribution in [2.45, 2.75) is 77.8 Å². The number of carbonyl (C=O) groups excluding carboxylic acids is 2. The molecule has 1 aliphatic carbocycles. The Kier molecular flexibility index (Phi) is 5.65. The fourth-order valence-corrected chi connectivity index (χ4v) is 3.28. The summed E-state index contributed by atoms with van der Waals surface area (Å²) in [5.74, 6) is 1.14. The van der Waals surface area contributed by atoms with E-state index in [-0.39, 0.29) is 23.9 Å². The van der Waals surface area contributed by atoms with Gasteiger partial charge in [-0.25, -0.2) is 0 Å². The Labute approximate surface area is 128 Å². The lowest BCUT2D eigenvalue weighted by Gasteiger charge is -2.32. The highest BCUT2D eigenvalue weighted by Gasteiger charge is 2.42. The number of carbonyl (C=O) groups is 2. The van der Waals surface area contributed by atoms with Gasteiger partial charge in [0.05, 0.1) is 0 Å². The van der Waals surface area contributed by atoms with Gasteiger partial charge in [0, 0.05) is 19.0 Å². The van der Waals surface area contributed by atoms with Gasteiger partial charge in [-0.15, -0.1) is 0 Å². The summed E-state index contributed by atoms with van der Waals surface area (Å²) in [4.78, 5) is 26.8. The molecule has 4 nitrogen and oxygen atoms in total. The van der Waals surface area contributed by atoms with Crippen LogP contribution in [0.25, 0.3) is 0 Å². The first kappa shape index (κ1) is 16.3. The van der Waals surface area contributed by atoms with Gasteiger partial charge in [0.2, 0.25) is 11.8 Å². The molecule has 3 atom stereocenters. The largest absolute Gasteiger partial charge is 0.344 e. The van der Waals surface area contributed by atoms with Crippen molar-refractivity contribution >= 4 is 11.8 Å². The molecule has 1 saturated heterocycles. The van der Waals surface area contributed by atoms with E-state index in [0.717, 1.165) is 25.8 Å². The summed E-state index contributed by atoms with van der Waals surface area (Å²) in [6, 6.07) is -0.233. The predicted molar refractivity (Wildman–Crippen MR) is 83.8 cm³/mol. The van der Waals surface area contributed by atoms with E-state index in [0.29, 0.717) is 18.3 Å². The molecule has 0 aromatic heterocycles. The average Bonchev–Trinajstić information content (AvgIpc) is 3.28. The van der Waals surface area contributed by atoms with Crippen LogP contribution in [0, 0.1) is 11.8 Å². The summed E-state index contributed by atoms with van der Waals surface area (Å²) >= 11 is 0. The van der Waals surface area contributed by atoms with Crippen molar-refractivity contribution in [2.75, 3.05) is 6.54 Å². The molecule has 1 heterocycles. The van der Waals surface area contributed by atoms with Crippen molar-refractivity contribution in [3.63, 3.8) is 0 Å². The third-order valence-electron chi connectivity index (χ3n) is 4.97. The molecule has 21 heavy (non-hydrogen) atoms. The molecule has 1 aliphatic heterocycles. The normalized spacial score (nSPS) is 28.2. The Morgan fingerprint density at radius 1 is 1.29 bits per heavy atom. The number of hydrogen-bond acceptors (Lipinski definition) is 2. The number of nitrogens with zero attached hydrogens (tertiary/aromatic N) is 1. The van der Waals surface area contributed by atoms with E-state index in [2.05, 4.69) is 19.2 Å². The number of hydrogen-bond donors (Lipinski definition) is 1. The number of nitrogens with one attached hydrogen (secondary N) is 1. The summed E-state index contributed by atoms with van der Waals surface area (Å²) in [6.07, 6.45) is 7.30. The zero-order valence-electron chi connectivity index (χ0n) is 13.7. The number of amides is 2. The van der Waals surface area contributed by atoms with E-state index in [4.69, 9.17) is 0 Å². The topological polar surface area (TPSA) is 49.4 Å². The van der Waals surface area contributed by atoms with Crippen molar-refractivity contribution in [1.29, 1.82) is 0 Å². The molecule has 0 aromatic rings. The highest BCUT2D eigenvalue weighted by atomic mass is 16.2. The van der Waals surface area contributed by atoms with Crippen LogP contribution < -0.4 is 5.32 Å². The molecule has 2 aliphatic rings.